The van der Waals surface area contributed by atoms with Gasteiger partial charge in [-0.1, -0.05) is 0 Å². The zero-order valence-corrected chi connectivity index (χ0v) is 7.12. The Bertz CT molecular complexity index is 164. The molecule has 0 radical (unpaired) electrons. The molecule has 0 unspecified atom stereocenters. The summed E-state index contributed by atoms with van der Waals surface area (Å²) in [5.41, 5.74) is 2.94. The van der Waals surface area contributed by atoms with Gasteiger partial charge < -0.3 is 5.11 Å². The predicted molar refractivity (Wildman–Crippen MR) is 45.4 cm³/mol. The van der Waals surface area contributed by atoms with E-state index in [0.29, 0.717) is 0 Å². The second-order valence-corrected chi connectivity index (χ2v) is 3.58. The van der Waals surface area contributed by atoms with Crippen molar-refractivity contribution in [2.45, 2.75) is 5.75 Å². The first kappa shape index (κ1) is 8.04. The van der Waals surface area contributed by atoms with Crippen LogP contribution in [0, 0.1) is 0 Å². The van der Waals surface area contributed by atoms with Crippen molar-refractivity contribution in [2.75, 3.05) is 12.4 Å². The SMILES string of the molecule is OCCSCc1cscn1. The Kier molecular flexibility index (Phi) is 3.79. The first-order valence-electron chi connectivity index (χ1n) is 2.99. The minimum Gasteiger partial charge on any atom is -0.396 e. The highest BCUT2D eigenvalue weighted by molar-refractivity contribution is 7.98. The maximum absolute atomic E-state index is 8.46. The second-order valence-electron chi connectivity index (χ2n) is 1.76. The van der Waals surface area contributed by atoms with Crippen LogP contribution in [0.3, 0.4) is 0 Å². The maximum Gasteiger partial charge on any atom is 0.0795 e. The lowest BCUT2D eigenvalue weighted by molar-refractivity contribution is 0.322. The molecule has 0 aliphatic carbocycles. The van der Waals surface area contributed by atoms with Crippen molar-refractivity contribution in [3.05, 3.63) is 16.6 Å². The number of aromatic nitrogens is 1. The summed E-state index contributed by atoms with van der Waals surface area (Å²) in [6.07, 6.45) is 0. The predicted octanol–water partition coefficient (Wildman–Crippen LogP) is 1.37. The topological polar surface area (TPSA) is 33.1 Å². The van der Waals surface area contributed by atoms with Crippen LogP contribution in [0.2, 0.25) is 0 Å². The van der Waals surface area contributed by atoms with Crippen LogP contribution in [0.4, 0.5) is 0 Å². The van der Waals surface area contributed by atoms with Gasteiger partial charge in [0.05, 0.1) is 17.8 Å². The van der Waals surface area contributed by atoms with E-state index in [9.17, 15) is 0 Å². The van der Waals surface area contributed by atoms with Gasteiger partial charge in [0.15, 0.2) is 0 Å². The Labute approximate surface area is 68.3 Å². The molecule has 56 valence electrons. The second kappa shape index (κ2) is 4.71. The van der Waals surface area contributed by atoms with Gasteiger partial charge in [-0.3, -0.25) is 0 Å². The van der Waals surface area contributed by atoms with E-state index >= 15 is 0 Å². The smallest absolute Gasteiger partial charge is 0.0795 e. The number of aliphatic hydroxyl groups is 1. The quantitative estimate of drug-likeness (QED) is 0.702. The summed E-state index contributed by atoms with van der Waals surface area (Å²) in [5, 5.41) is 10.5. The van der Waals surface area contributed by atoms with Gasteiger partial charge in [-0.25, -0.2) is 4.98 Å². The number of hydrogen-bond acceptors (Lipinski definition) is 4. The third-order valence-corrected chi connectivity index (χ3v) is 2.58. The Morgan fingerprint density at radius 3 is 3.20 bits per heavy atom. The largest absolute Gasteiger partial charge is 0.396 e. The number of aliphatic hydroxyl groups excluding tert-OH is 1. The highest BCUT2D eigenvalue weighted by Crippen LogP contribution is 2.10. The van der Waals surface area contributed by atoms with Crippen molar-refractivity contribution in [3.8, 4) is 0 Å². The first-order chi connectivity index (χ1) is 4.93. The van der Waals surface area contributed by atoms with Crippen molar-refractivity contribution in [3.63, 3.8) is 0 Å². The summed E-state index contributed by atoms with van der Waals surface area (Å²) < 4.78 is 0. The fourth-order valence-corrected chi connectivity index (χ4v) is 1.85. The third-order valence-electron chi connectivity index (χ3n) is 0.969. The van der Waals surface area contributed by atoms with Crippen molar-refractivity contribution in [2.24, 2.45) is 0 Å². The van der Waals surface area contributed by atoms with Gasteiger partial charge in [0.2, 0.25) is 0 Å². The minimum absolute atomic E-state index is 0.259. The summed E-state index contributed by atoms with van der Waals surface area (Å²) in [5.74, 6) is 1.72. The molecule has 1 aromatic heterocycles. The summed E-state index contributed by atoms with van der Waals surface area (Å²) in [6.45, 7) is 0.259. The molecule has 0 aromatic carbocycles. The van der Waals surface area contributed by atoms with Gasteiger partial charge in [0, 0.05) is 16.9 Å². The van der Waals surface area contributed by atoms with Crippen LogP contribution in [-0.4, -0.2) is 22.5 Å². The zero-order chi connectivity index (χ0) is 7.23. The lowest BCUT2D eigenvalue weighted by Crippen LogP contribution is -1.87. The molecule has 1 aromatic rings. The lowest BCUT2D eigenvalue weighted by atomic mass is 10.6. The van der Waals surface area contributed by atoms with Crippen LogP contribution in [0.15, 0.2) is 10.9 Å². The first-order valence-corrected chi connectivity index (χ1v) is 5.09. The van der Waals surface area contributed by atoms with Gasteiger partial charge in [0.25, 0.3) is 0 Å². The standard InChI is InChI=1S/C6H9NOS2/c8-1-2-9-3-6-4-10-5-7-6/h4-5,8H,1-3H2. The van der Waals surface area contributed by atoms with Gasteiger partial charge in [-0.2, -0.15) is 11.8 Å². The molecular formula is C6H9NOS2. The molecule has 0 aliphatic rings. The van der Waals surface area contributed by atoms with E-state index in [4.69, 9.17) is 5.11 Å². The van der Waals surface area contributed by atoms with E-state index in [-0.39, 0.29) is 6.61 Å². The lowest BCUT2D eigenvalue weighted by Gasteiger charge is -1.92. The van der Waals surface area contributed by atoms with Crippen LogP contribution in [0.25, 0.3) is 0 Å². The molecule has 1 N–H and O–H groups in total. The molecule has 0 bridgehead atoms. The van der Waals surface area contributed by atoms with Crippen LogP contribution in [0.5, 0.6) is 0 Å². The molecule has 1 heterocycles. The summed E-state index contributed by atoms with van der Waals surface area (Å²) in [4.78, 5) is 4.10. The van der Waals surface area contributed by atoms with Gasteiger partial charge in [-0.05, 0) is 0 Å². The maximum atomic E-state index is 8.46. The van der Waals surface area contributed by atoms with Crippen LogP contribution in [-0.2, 0) is 5.75 Å². The van der Waals surface area contributed by atoms with Gasteiger partial charge in [-0.15, -0.1) is 11.3 Å². The van der Waals surface area contributed by atoms with Crippen LogP contribution < -0.4 is 0 Å². The summed E-state index contributed by atoms with van der Waals surface area (Å²) in [7, 11) is 0. The number of hydrogen-bond donors (Lipinski definition) is 1. The van der Waals surface area contributed by atoms with E-state index in [1.165, 1.54) is 0 Å². The molecule has 0 saturated heterocycles. The molecule has 4 heteroatoms. The number of thiazole rings is 1. The fraction of sp³-hybridized carbons (Fsp3) is 0.500. The van der Waals surface area contributed by atoms with Crippen molar-refractivity contribution in [1.82, 2.24) is 4.98 Å². The van der Waals surface area contributed by atoms with E-state index in [1.807, 2.05) is 10.9 Å². The zero-order valence-electron chi connectivity index (χ0n) is 5.49. The number of nitrogens with zero attached hydrogens (tertiary/aromatic N) is 1. The van der Waals surface area contributed by atoms with E-state index in [2.05, 4.69) is 4.98 Å². The van der Waals surface area contributed by atoms with E-state index in [1.54, 1.807) is 23.1 Å². The molecule has 0 saturated carbocycles. The van der Waals surface area contributed by atoms with E-state index < -0.39 is 0 Å². The average Bonchev–Trinajstić information content (AvgIpc) is 2.41. The van der Waals surface area contributed by atoms with Crippen molar-refractivity contribution >= 4 is 23.1 Å². The van der Waals surface area contributed by atoms with Crippen LogP contribution in [0.1, 0.15) is 5.69 Å². The monoisotopic (exact) mass is 175 g/mol. The molecule has 0 aliphatic heterocycles. The highest BCUT2D eigenvalue weighted by Gasteiger charge is 1.92. The Morgan fingerprint density at radius 2 is 2.60 bits per heavy atom. The molecule has 0 amide bonds. The minimum atomic E-state index is 0.259. The normalized spacial score (nSPS) is 10.1. The third kappa shape index (κ3) is 2.68. The fourth-order valence-electron chi connectivity index (χ4n) is 0.550. The summed E-state index contributed by atoms with van der Waals surface area (Å²) in [6, 6.07) is 0. The Morgan fingerprint density at radius 1 is 1.70 bits per heavy atom. The van der Waals surface area contributed by atoms with Crippen molar-refractivity contribution < 1.29 is 5.11 Å². The molecule has 0 atom stereocenters. The molecule has 1 rings (SSSR count). The molecule has 2 nitrogen and oxygen atoms in total. The van der Waals surface area contributed by atoms with Crippen LogP contribution >= 0.6 is 23.1 Å². The molecule has 10 heavy (non-hydrogen) atoms. The number of thioether (sulfide) groups is 1. The van der Waals surface area contributed by atoms with Gasteiger partial charge >= 0.3 is 0 Å². The summed E-state index contributed by atoms with van der Waals surface area (Å²) >= 11 is 3.32. The molecule has 0 fully saturated rings. The van der Waals surface area contributed by atoms with Crippen molar-refractivity contribution in [1.29, 1.82) is 0 Å². The van der Waals surface area contributed by atoms with E-state index in [0.717, 1.165) is 17.2 Å². The Hall–Kier alpha value is -0.0600. The average molecular weight is 175 g/mol. The Balaban J connectivity index is 2.15. The molecule has 0 spiro atoms. The molecular weight excluding hydrogens is 166 g/mol. The highest BCUT2D eigenvalue weighted by atomic mass is 32.2. The number of rotatable bonds is 4. The van der Waals surface area contributed by atoms with Gasteiger partial charge in [0.1, 0.15) is 0 Å².